The minimum Gasteiger partial charge on any atom is -0.493 e. The van der Waals surface area contributed by atoms with Gasteiger partial charge in [0.2, 0.25) is 0 Å². The van der Waals surface area contributed by atoms with Crippen LogP contribution in [0.4, 0.5) is 0 Å². The molecule has 27 heavy (non-hydrogen) atoms. The van der Waals surface area contributed by atoms with Gasteiger partial charge in [-0.2, -0.15) is 0 Å². The van der Waals surface area contributed by atoms with E-state index >= 15 is 0 Å². The van der Waals surface area contributed by atoms with Crippen molar-refractivity contribution >= 4 is 29.6 Å². The molecule has 0 unspecified atom stereocenters. The number of carbonyl (C=O) groups is 2. The lowest BCUT2D eigenvalue weighted by Gasteiger charge is -2.22. The Hall–Kier alpha value is -2.21. The topological polar surface area (TPSA) is 73.9 Å². The molecular formula is C20H28ClNO5. The first kappa shape index (κ1) is 22.8. The smallest absolute Gasteiger partial charge is 0.331 e. The number of amides is 1. The standard InChI is InChI=1S/C20H28ClNO5/c1-7-10-26-18-15(21)11-14(12-16(18)25-6)8-9-17(23)27-13(2)19(24)22-20(3,4)5/h8-9,11-13H,7,10H2,1-6H3,(H,22,24)/b9-8+/t13-/m1/s1. The Bertz CT molecular complexity index is 694. The van der Waals surface area contributed by atoms with Gasteiger partial charge in [-0.15, -0.1) is 0 Å². The van der Waals surface area contributed by atoms with E-state index < -0.39 is 17.6 Å². The zero-order valence-corrected chi connectivity index (χ0v) is 17.5. The van der Waals surface area contributed by atoms with Crippen LogP contribution in [-0.2, 0) is 14.3 Å². The molecule has 0 saturated heterocycles. The Kier molecular flexibility index (Phi) is 8.63. The van der Waals surface area contributed by atoms with Gasteiger partial charge < -0.3 is 19.5 Å². The molecule has 0 aliphatic rings. The second-order valence-corrected chi connectivity index (χ2v) is 7.44. The molecule has 1 amide bonds. The minimum absolute atomic E-state index is 0.355. The summed E-state index contributed by atoms with van der Waals surface area (Å²) in [5, 5.41) is 3.14. The third-order valence-electron chi connectivity index (χ3n) is 3.27. The highest BCUT2D eigenvalue weighted by molar-refractivity contribution is 6.32. The number of halogens is 1. The SMILES string of the molecule is CCCOc1c(Cl)cc(/C=C/C(=O)O[C@H](C)C(=O)NC(C)(C)C)cc1OC. The molecule has 7 heteroatoms. The summed E-state index contributed by atoms with van der Waals surface area (Å²) in [7, 11) is 1.52. The summed E-state index contributed by atoms with van der Waals surface area (Å²) in [5.74, 6) is -0.0468. The van der Waals surface area contributed by atoms with E-state index in [-0.39, 0.29) is 5.91 Å². The van der Waals surface area contributed by atoms with Crippen LogP contribution in [0, 0.1) is 0 Å². The van der Waals surface area contributed by atoms with Crippen LogP contribution >= 0.6 is 11.6 Å². The Morgan fingerprint density at radius 1 is 1.30 bits per heavy atom. The van der Waals surface area contributed by atoms with Gasteiger partial charge in [-0.3, -0.25) is 4.79 Å². The highest BCUT2D eigenvalue weighted by atomic mass is 35.5. The molecule has 6 nitrogen and oxygen atoms in total. The number of methoxy groups -OCH3 is 1. The van der Waals surface area contributed by atoms with Crippen LogP contribution in [0.15, 0.2) is 18.2 Å². The van der Waals surface area contributed by atoms with Gasteiger partial charge in [0.1, 0.15) is 0 Å². The van der Waals surface area contributed by atoms with Crippen LogP contribution in [0.25, 0.3) is 6.08 Å². The second kappa shape index (κ2) is 10.2. The molecule has 1 atom stereocenters. The van der Waals surface area contributed by atoms with E-state index in [1.807, 2.05) is 27.7 Å². The summed E-state index contributed by atoms with van der Waals surface area (Å²) in [6.07, 6.45) is 2.71. The Morgan fingerprint density at radius 2 is 1.96 bits per heavy atom. The van der Waals surface area contributed by atoms with E-state index in [9.17, 15) is 9.59 Å². The van der Waals surface area contributed by atoms with Crippen molar-refractivity contribution in [3.63, 3.8) is 0 Å². The monoisotopic (exact) mass is 397 g/mol. The largest absolute Gasteiger partial charge is 0.493 e. The third-order valence-corrected chi connectivity index (χ3v) is 3.56. The fraction of sp³-hybridized carbons (Fsp3) is 0.500. The van der Waals surface area contributed by atoms with Gasteiger partial charge in [0.05, 0.1) is 18.7 Å². The maximum atomic E-state index is 12.0. The molecule has 150 valence electrons. The Labute approximate surface area is 165 Å². The minimum atomic E-state index is -0.899. The molecule has 1 rings (SSSR count). The van der Waals surface area contributed by atoms with E-state index in [4.69, 9.17) is 25.8 Å². The molecule has 0 radical (unpaired) electrons. The van der Waals surface area contributed by atoms with Crippen LogP contribution in [0.5, 0.6) is 11.5 Å². The highest BCUT2D eigenvalue weighted by Gasteiger charge is 2.21. The van der Waals surface area contributed by atoms with Crippen LogP contribution < -0.4 is 14.8 Å². The number of nitrogens with one attached hydrogen (secondary N) is 1. The van der Waals surface area contributed by atoms with Crippen molar-refractivity contribution in [3.8, 4) is 11.5 Å². The number of benzene rings is 1. The highest BCUT2D eigenvalue weighted by Crippen LogP contribution is 2.36. The molecule has 0 bridgehead atoms. The summed E-state index contributed by atoms with van der Waals surface area (Å²) in [4.78, 5) is 23.9. The Morgan fingerprint density at radius 3 is 2.52 bits per heavy atom. The fourth-order valence-electron chi connectivity index (χ4n) is 2.08. The van der Waals surface area contributed by atoms with Crippen molar-refractivity contribution in [3.05, 3.63) is 28.8 Å². The molecule has 0 aliphatic carbocycles. The first-order valence-corrected chi connectivity index (χ1v) is 9.16. The normalized spacial score (nSPS) is 12.6. The molecule has 0 heterocycles. The molecule has 0 aliphatic heterocycles. The first-order chi connectivity index (χ1) is 12.6. The van der Waals surface area contributed by atoms with Gasteiger partial charge in [0.25, 0.3) is 5.91 Å². The molecule has 1 aromatic rings. The molecular weight excluding hydrogens is 370 g/mol. The molecule has 0 spiro atoms. The maximum Gasteiger partial charge on any atom is 0.331 e. The maximum absolute atomic E-state index is 12.0. The van der Waals surface area contributed by atoms with Crippen molar-refractivity contribution in [2.45, 2.75) is 52.7 Å². The van der Waals surface area contributed by atoms with E-state index in [0.717, 1.165) is 6.42 Å². The van der Waals surface area contributed by atoms with Crippen LogP contribution in [0.2, 0.25) is 5.02 Å². The number of esters is 1. The van der Waals surface area contributed by atoms with Crippen LogP contribution in [0.3, 0.4) is 0 Å². The number of carbonyl (C=O) groups excluding carboxylic acids is 2. The van der Waals surface area contributed by atoms with E-state index in [2.05, 4.69) is 5.32 Å². The van der Waals surface area contributed by atoms with Crippen molar-refractivity contribution < 1.29 is 23.8 Å². The lowest BCUT2D eigenvalue weighted by Crippen LogP contribution is -2.46. The quantitative estimate of drug-likeness (QED) is 0.530. The van der Waals surface area contributed by atoms with E-state index in [0.29, 0.717) is 28.7 Å². The summed E-state index contributed by atoms with van der Waals surface area (Å²) in [5.41, 5.74) is 0.243. The van der Waals surface area contributed by atoms with Crippen molar-refractivity contribution in [2.75, 3.05) is 13.7 Å². The van der Waals surface area contributed by atoms with Gasteiger partial charge in [-0.05, 0) is 57.9 Å². The van der Waals surface area contributed by atoms with Gasteiger partial charge >= 0.3 is 5.97 Å². The predicted molar refractivity (Wildman–Crippen MR) is 106 cm³/mol. The average molecular weight is 398 g/mol. The molecule has 1 N–H and O–H groups in total. The number of hydrogen-bond donors (Lipinski definition) is 1. The van der Waals surface area contributed by atoms with E-state index in [1.165, 1.54) is 26.2 Å². The molecule has 0 aromatic heterocycles. The number of ether oxygens (including phenoxy) is 3. The fourth-order valence-corrected chi connectivity index (χ4v) is 2.36. The first-order valence-electron chi connectivity index (χ1n) is 8.78. The molecule has 0 saturated carbocycles. The number of rotatable bonds is 8. The lowest BCUT2D eigenvalue weighted by atomic mass is 10.1. The predicted octanol–water partition coefficient (Wildman–Crippen LogP) is 4.00. The number of hydrogen-bond acceptors (Lipinski definition) is 5. The lowest BCUT2D eigenvalue weighted by molar-refractivity contribution is -0.150. The van der Waals surface area contributed by atoms with Crippen LogP contribution in [-0.4, -0.2) is 37.2 Å². The third kappa shape index (κ3) is 7.91. The van der Waals surface area contributed by atoms with Gasteiger partial charge in [-0.1, -0.05) is 18.5 Å². The second-order valence-electron chi connectivity index (χ2n) is 7.03. The summed E-state index contributed by atoms with van der Waals surface area (Å²) < 4.78 is 16.0. The van der Waals surface area contributed by atoms with Gasteiger partial charge in [0.15, 0.2) is 17.6 Å². The average Bonchev–Trinajstić information content (AvgIpc) is 2.57. The molecule has 0 fully saturated rings. The zero-order valence-electron chi connectivity index (χ0n) is 16.7. The van der Waals surface area contributed by atoms with Gasteiger partial charge in [0, 0.05) is 11.6 Å². The van der Waals surface area contributed by atoms with Crippen LogP contribution in [0.1, 0.15) is 46.6 Å². The Balaban J connectivity index is 2.79. The summed E-state index contributed by atoms with van der Waals surface area (Å²) in [6.45, 7) is 9.59. The van der Waals surface area contributed by atoms with Crippen molar-refractivity contribution in [1.29, 1.82) is 0 Å². The van der Waals surface area contributed by atoms with Gasteiger partial charge in [-0.25, -0.2) is 4.79 Å². The van der Waals surface area contributed by atoms with Crippen molar-refractivity contribution in [1.82, 2.24) is 5.32 Å². The zero-order chi connectivity index (χ0) is 20.6. The van der Waals surface area contributed by atoms with Crippen molar-refractivity contribution in [2.24, 2.45) is 0 Å². The summed E-state index contributed by atoms with van der Waals surface area (Å²) >= 11 is 6.24. The molecule has 1 aromatic carbocycles. The summed E-state index contributed by atoms with van der Waals surface area (Å²) in [6, 6.07) is 3.37. The van der Waals surface area contributed by atoms with E-state index in [1.54, 1.807) is 12.1 Å².